The molecule has 0 aliphatic heterocycles. The molecule has 1 atom stereocenters. The minimum atomic E-state index is -0.349. The standard InChI is InChI=1S/C24H24ClNO3S/c1-28-21-13-8-17(16-22(21)29-2)14-15-26-24(27)23(18-6-4-3-5-7-18)30-20-11-9-19(25)10-12-20/h3-13,16,23H,14-15H2,1-2H3,(H,26,27)/t23-/m1/s1. The van der Waals surface area contributed by atoms with Crippen LogP contribution in [0.4, 0.5) is 0 Å². The molecule has 3 aromatic rings. The van der Waals surface area contributed by atoms with Crippen LogP contribution in [0.3, 0.4) is 0 Å². The molecule has 0 saturated heterocycles. The van der Waals surface area contributed by atoms with E-state index < -0.39 is 0 Å². The van der Waals surface area contributed by atoms with Crippen LogP contribution in [0.2, 0.25) is 5.02 Å². The SMILES string of the molecule is COc1ccc(CCNC(=O)[C@H](Sc2ccc(Cl)cc2)c2ccccc2)cc1OC. The molecule has 0 heterocycles. The Morgan fingerprint density at radius 1 is 0.967 bits per heavy atom. The fourth-order valence-electron chi connectivity index (χ4n) is 3.01. The lowest BCUT2D eigenvalue weighted by atomic mass is 10.1. The van der Waals surface area contributed by atoms with Crippen molar-refractivity contribution in [2.24, 2.45) is 0 Å². The molecule has 156 valence electrons. The van der Waals surface area contributed by atoms with Crippen molar-refractivity contribution in [1.29, 1.82) is 0 Å². The molecular formula is C24H24ClNO3S. The first kappa shape index (κ1) is 22.1. The molecule has 0 unspecified atom stereocenters. The van der Waals surface area contributed by atoms with Crippen molar-refractivity contribution >= 4 is 29.3 Å². The van der Waals surface area contributed by atoms with Crippen molar-refractivity contribution in [3.63, 3.8) is 0 Å². The van der Waals surface area contributed by atoms with E-state index in [1.54, 1.807) is 14.2 Å². The quantitative estimate of drug-likeness (QED) is 0.442. The third kappa shape index (κ3) is 5.94. The Kier molecular flexibility index (Phi) is 8.05. The van der Waals surface area contributed by atoms with Crippen LogP contribution >= 0.6 is 23.4 Å². The molecule has 3 rings (SSSR count). The van der Waals surface area contributed by atoms with Gasteiger partial charge >= 0.3 is 0 Å². The maximum absolute atomic E-state index is 13.0. The zero-order chi connectivity index (χ0) is 21.3. The Hall–Kier alpha value is -2.63. The predicted molar refractivity (Wildman–Crippen MR) is 123 cm³/mol. The number of ether oxygens (including phenoxy) is 2. The molecule has 1 amide bonds. The summed E-state index contributed by atoms with van der Waals surface area (Å²) in [4.78, 5) is 14.0. The van der Waals surface area contributed by atoms with Gasteiger partial charge in [-0.25, -0.2) is 0 Å². The number of methoxy groups -OCH3 is 2. The molecule has 0 bridgehead atoms. The number of amides is 1. The number of halogens is 1. The average Bonchev–Trinajstić information content (AvgIpc) is 2.79. The first-order chi connectivity index (χ1) is 14.6. The van der Waals surface area contributed by atoms with Crippen LogP contribution in [0.1, 0.15) is 16.4 Å². The van der Waals surface area contributed by atoms with Crippen molar-refractivity contribution in [3.8, 4) is 11.5 Å². The number of hydrogen-bond donors (Lipinski definition) is 1. The highest BCUT2D eigenvalue weighted by Gasteiger charge is 2.21. The van der Waals surface area contributed by atoms with Gasteiger partial charge in [0.2, 0.25) is 5.91 Å². The van der Waals surface area contributed by atoms with Crippen LogP contribution in [-0.2, 0) is 11.2 Å². The fourth-order valence-corrected chi connectivity index (χ4v) is 4.18. The Balaban J connectivity index is 1.67. The molecular weight excluding hydrogens is 418 g/mol. The summed E-state index contributed by atoms with van der Waals surface area (Å²) < 4.78 is 10.6. The van der Waals surface area contributed by atoms with Crippen molar-refractivity contribution < 1.29 is 14.3 Å². The lowest BCUT2D eigenvalue weighted by Crippen LogP contribution is -2.29. The van der Waals surface area contributed by atoms with E-state index in [9.17, 15) is 4.79 Å². The van der Waals surface area contributed by atoms with Crippen LogP contribution in [-0.4, -0.2) is 26.7 Å². The second kappa shape index (κ2) is 11.0. The molecule has 0 saturated carbocycles. The topological polar surface area (TPSA) is 47.6 Å². The van der Waals surface area contributed by atoms with E-state index in [1.165, 1.54) is 11.8 Å². The second-order valence-electron chi connectivity index (χ2n) is 6.59. The van der Waals surface area contributed by atoms with Gasteiger partial charge in [-0.3, -0.25) is 4.79 Å². The van der Waals surface area contributed by atoms with Gasteiger partial charge < -0.3 is 14.8 Å². The maximum Gasteiger partial charge on any atom is 0.238 e. The smallest absolute Gasteiger partial charge is 0.238 e. The van der Waals surface area contributed by atoms with Gasteiger partial charge in [0.1, 0.15) is 5.25 Å². The molecule has 0 aliphatic carbocycles. The molecule has 0 spiro atoms. The largest absolute Gasteiger partial charge is 0.493 e. The van der Waals surface area contributed by atoms with Gasteiger partial charge in [-0.15, -0.1) is 11.8 Å². The lowest BCUT2D eigenvalue weighted by Gasteiger charge is -2.17. The summed E-state index contributed by atoms with van der Waals surface area (Å²) >= 11 is 7.50. The van der Waals surface area contributed by atoms with Gasteiger partial charge in [0.25, 0.3) is 0 Å². The number of thioether (sulfide) groups is 1. The van der Waals surface area contributed by atoms with E-state index in [2.05, 4.69) is 5.32 Å². The highest BCUT2D eigenvalue weighted by atomic mass is 35.5. The molecule has 1 N–H and O–H groups in total. The Bertz CT molecular complexity index is 964. The number of nitrogens with one attached hydrogen (secondary N) is 1. The Morgan fingerprint density at radius 2 is 1.67 bits per heavy atom. The lowest BCUT2D eigenvalue weighted by molar-refractivity contribution is -0.120. The van der Waals surface area contributed by atoms with E-state index in [0.29, 0.717) is 29.5 Å². The summed E-state index contributed by atoms with van der Waals surface area (Å²) in [6, 6.07) is 23.1. The number of carbonyl (C=O) groups excluding carboxylic acids is 1. The van der Waals surface area contributed by atoms with Crippen molar-refractivity contribution in [1.82, 2.24) is 5.32 Å². The summed E-state index contributed by atoms with van der Waals surface area (Å²) in [5.41, 5.74) is 2.02. The third-order valence-electron chi connectivity index (χ3n) is 4.57. The number of benzene rings is 3. The molecule has 0 aliphatic rings. The minimum Gasteiger partial charge on any atom is -0.493 e. The number of carbonyl (C=O) groups is 1. The van der Waals surface area contributed by atoms with Gasteiger partial charge in [0.05, 0.1) is 14.2 Å². The summed E-state index contributed by atoms with van der Waals surface area (Å²) in [6.45, 7) is 0.527. The zero-order valence-electron chi connectivity index (χ0n) is 16.9. The van der Waals surface area contributed by atoms with E-state index >= 15 is 0 Å². The normalized spacial score (nSPS) is 11.6. The summed E-state index contributed by atoms with van der Waals surface area (Å²) in [5.74, 6) is 1.34. The van der Waals surface area contributed by atoms with Gasteiger partial charge in [-0.2, -0.15) is 0 Å². The van der Waals surface area contributed by atoms with Crippen molar-refractivity contribution in [2.45, 2.75) is 16.6 Å². The molecule has 3 aromatic carbocycles. The van der Waals surface area contributed by atoms with Crippen molar-refractivity contribution in [2.75, 3.05) is 20.8 Å². The molecule has 0 aromatic heterocycles. The number of rotatable bonds is 9. The molecule has 0 fully saturated rings. The third-order valence-corrected chi connectivity index (χ3v) is 6.09. The fraction of sp³-hybridized carbons (Fsp3) is 0.208. The van der Waals surface area contributed by atoms with Gasteiger partial charge in [-0.05, 0) is 53.9 Å². The van der Waals surface area contributed by atoms with Gasteiger partial charge in [0, 0.05) is 16.5 Å². The maximum atomic E-state index is 13.0. The highest BCUT2D eigenvalue weighted by molar-refractivity contribution is 8.00. The van der Waals surface area contributed by atoms with Gasteiger partial charge in [-0.1, -0.05) is 48.0 Å². The summed E-state index contributed by atoms with van der Waals surface area (Å²) in [6.07, 6.45) is 0.694. The van der Waals surface area contributed by atoms with Gasteiger partial charge in [0.15, 0.2) is 11.5 Å². The predicted octanol–water partition coefficient (Wildman–Crippen LogP) is 5.55. The van der Waals surface area contributed by atoms with Crippen LogP contribution < -0.4 is 14.8 Å². The Morgan fingerprint density at radius 3 is 2.33 bits per heavy atom. The van der Waals surface area contributed by atoms with E-state index in [4.69, 9.17) is 21.1 Å². The van der Waals surface area contributed by atoms with Crippen molar-refractivity contribution in [3.05, 3.63) is 88.9 Å². The molecule has 30 heavy (non-hydrogen) atoms. The number of hydrogen-bond acceptors (Lipinski definition) is 4. The first-order valence-electron chi connectivity index (χ1n) is 9.56. The summed E-state index contributed by atoms with van der Waals surface area (Å²) in [7, 11) is 3.22. The summed E-state index contributed by atoms with van der Waals surface area (Å²) in [5, 5.41) is 3.40. The highest BCUT2D eigenvalue weighted by Crippen LogP contribution is 2.36. The van der Waals surface area contributed by atoms with E-state index in [1.807, 2.05) is 72.8 Å². The second-order valence-corrected chi connectivity index (χ2v) is 8.21. The van der Waals surface area contributed by atoms with E-state index in [0.717, 1.165) is 16.0 Å². The molecule has 6 heteroatoms. The minimum absolute atomic E-state index is 0.0263. The van der Waals surface area contributed by atoms with Crippen LogP contribution in [0, 0.1) is 0 Å². The van der Waals surface area contributed by atoms with Crippen LogP contribution in [0.25, 0.3) is 0 Å². The average molecular weight is 442 g/mol. The van der Waals surface area contributed by atoms with Crippen LogP contribution in [0.5, 0.6) is 11.5 Å². The monoisotopic (exact) mass is 441 g/mol. The van der Waals surface area contributed by atoms with E-state index in [-0.39, 0.29) is 11.2 Å². The Labute approximate surface area is 186 Å². The zero-order valence-corrected chi connectivity index (χ0v) is 18.5. The molecule has 4 nitrogen and oxygen atoms in total. The first-order valence-corrected chi connectivity index (χ1v) is 10.8. The van der Waals surface area contributed by atoms with Crippen LogP contribution in [0.15, 0.2) is 77.7 Å². The molecule has 0 radical (unpaired) electrons.